The largest absolute Gasteiger partial charge is 0.279 e. The summed E-state index contributed by atoms with van der Waals surface area (Å²) in [6.45, 7) is 2.77. The van der Waals surface area contributed by atoms with Crippen LogP contribution in [0.25, 0.3) is 0 Å². The van der Waals surface area contributed by atoms with Crippen molar-refractivity contribution in [2.24, 2.45) is 0 Å². The summed E-state index contributed by atoms with van der Waals surface area (Å²) in [5.41, 5.74) is 0. The topological polar surface area (TPSA) is 9.23 Å². The predicted molar refractivity (Wildman–Crippen MR) is 26.7 cm³/mol. The summed E-state index contributed by atoms with van der Waals surface area (Å²) in [4.78, 5) is 0. The molecule has 0 atom stereocenters. The number of hydrogen-bond acceptors (Lipinski definition) is 1. The molecule has 7 heavy (non-hydrogen) atoms. The van der Waals surface area contributed by atoms with Crippen LogP contribution in [-0.2, 0) is 21.4 Å². The zero-order valence-electron chi connectivity index (χ0n) is 4.21. The molecular formula is C4H9ClCuO. The normalized spacial score (nSPS) is 7.71. The van der Waals surface area contributed by atoms with Crippen molar-refractivity contribution in [1.82, 2.24) is 0 Å². The zero-order valence-corrected chi connectivity index (χ0v) is 5.91. The Bertz CT molecular complexity index is 23.7. The third kappa shape index (κ3) is 10.8. The number of rotatable bonds is 3. The standard InChI is InChI=1S/C4H9ClO.Cu/c1-2-3-4-6-5;/h2-4H2,1H3;. The predicted octanol–water partition coefficient (Wildman–Crippen LogP) is 1.95. The minimum absolute atomic E-state index is 0. The molecule has 0 amide bonds. The Kier molecular flexibility index (Phi) is 15.1. The van der Waals surface area contributed by atoms with Crippen molar-refractivity contribution < 1.29 is 21.4 Å². The molecule has 0 aromatic carbocycles. The van der Waals surface area contributed by atoms with E-state index in [0.29, 0.717) is 6.61 Å². The molecular weight excluding hydrogens is 163 g/mol. The molecule has 1 nitrogen and oxygen atoms in total. The Hall–Kier alpha value is 0.769. The minimum Gasteiger partial charge on any atom is -0.279 e. The van der Waals surface area contributed by atoms with E-state index < -0.39 is 0 Å². The fourth-order valence-corrected chi connectivity index (χ4v) is 0.308. The van der Waals surface area contributed by atoms with Crippen molar-refractivity contribution in [3.8, 4) is 0 Å². The van der Waals surface area contributed by atoms with E-state index in [0.717, 1.165) is 12.8 Å². The number of hydrogen-bond donors (Lipinski definition) is 0. The Labute approximate surface area is 60.0 Å². The molecule has 0 rings (SSSR count). The van der Waals surface area contributed by atoms with Gasteiger partial charge >= 0.3 is 0 Å². The average Bonchev–Trinajstić information content (AvgIpc) is 1.61. The van der Waals surface area contributed by atoms with Gasteiger partial charge in [-0.15, -0.1) is 0 Å². The Morgan fingerprint density at radius 1 is 1.57 bits per heavy atom. The van der Waals surface area contributed by atoms with Crippen LogP contribution in [0.1, 0.15) is 19.8 Å². The summed E-state index contributed by atoms with van der Waals surface area (Å²) in [5.74, 6) is 0. The van der Waals surface area contributed by atoms with E-state index in [2.05, 4.69) is 11.2 Å². The summed E-state index contributed by atoms with van der Waals surface area (Å²) in [6, 6.07) is 0. The van der Waals surface area contributed by atoms with E-state index in [4.69, 9.17) is 11.9 Å². The monoisotopic (exact) mass is 171 g/mol. The molecule has 0 spiro atoms. The van der Waals surface area contributed by atoms with Gasteiger partial charge in [0.1, 0.15) is 0 Å². The van der Waals surface area contributed by atoms with E-state index in [1.165, 1.54) is 0 Å². The molecule has 0 aliphatic rings. The van der Waals surface area contributed by atoms with Crippen LogP contribution in [-0.4, -0.2) is 6.61 Å². The first-order chi connectivity index (χ1) is 2.91. The van der Waals surface area contributed by atoms with Gasteiger partial charge in [-0.05, 0) is 6.42 Å². The van der Waals surface area contributed by atoms with Gasteiger partial charge in [0, 0.05) is 17.1 Å². The fraction of sp³-hybridized carbons (Fsp3) is 1.00. The Morgan fingerprint density at radius 3 is 2.29 bits per heavy atom. The van der Waals surface area contributed by atoms with Crippen LogP contribution in [0.5, 0.6) is 0 Å². The van der Waals surface area contributed by atoms with Crippen molar-refractivity contribution in [2.45, 2.75) is 19.8 Å². The first-order valence-corrected chi connectivity index (χ1v) is 2.46. The third-order valence-corrected chi connectivity index (χ3v) is 0.729. The number of unbranched alkanes of at least 4 members (excludes halogenated alkanes) is 1. The second kappa shape index (κ2) is 9.91. The molecule has 0 fully saturated rings. The summed E-state index contributed by atoms with van der Waals surface area (Å²) in [5, 5.41) is 0. The van der Waals surface area contributed by atoms with Crippen LogP contribution in [0.3, 0.4) is 0 Å². The van der Waals surface area contributed by atoms with Crippen LogP contribution in [0.2, 0.25) is 0 Å². The minimum atomic E-state index is 0. The maximum absolute atomic E-state index is 4.88. The Morgan fingerprint density at radius 2 is 2.14 bits per heavy atom. The van der Waals surface area contributed by atoms with Crippen LogP contribution in [0, 0.1) is 0 Å². The van der Waals surface area contributed by atoms with Crippen molar-refractivity contribution >= 4 is 11.9 Å². The second-order valence-corrected chi connectivity index (χ2v) is 1.39. The van der Waals surface area contributed by atoms with E-state index in [1.807, 2.05) is 0 Å². The van der Waals surface area contributed by atoms with Crippen molar-refractivity contribution in [3.63, 3.8) is 0 Å². The molecule has 0 N–H and O–H groups in total. The Balaban J connectivity index is 0. The van der Waals surface area contributed by atoms with Gasteiger partial charge in [-0.1, -0.05) is 13.3 Å². The smallest absolute Gasteiger partial charge is 0.0682 e. The van der Waals surface area contributed by atoms with Crippen molar-refractivity contribution in [1.29, 1.82) is 0 Å². The van der Waals surface area contributed by atoms with E-state index in [9.17, 15) is 0 Å². The van der Waals surface area contributed by atoms with E-state index in [1.54, 1.807) is 0 Å². The first kappa shape index (κ1) is 10.7. The van der Waals surface area contributed by atoms with Gasteiger partial charge in [0.25, 0.3) is 0 Å². The third-order valence-electron chi connectivity index (χ3n) is 0.575. The molecule has 49 valence electrons. The quantitative estimate of drug-likeness (QED) is 0.467. The second-order valence-electron chi connectivity index (χ2n) is 1.17. The van der Waals surface area contributed by atoms with Gasteiger partial charge < -0.3 is 0 Å². The van der Waals surface area contributed by atoms with Gasteiger partial charge in [-0.2, -0.15) is 0 Å². The van der Waals surface area contributed by atoms with Gasteiger partial charge in [0.05, 0.1) is 18.5 Å². The summed E-state index contributed by atoms with van der Waals surface area (Å²) in [7, 11) is 0. The molecule has 0 unspecified atom stereocenters. The van der Waals surface area contributed by atoms with Gasteiger partial charge in [0.2, 0.25) is 0 Å². The summed E-state index contributed by atoms with van der Waals surface area (Å²) in [6.07, 6.45) is 2.20. The average molecular weight is 172 g/mol. The zero-order chi connectivity index (χ0) is 4.83. The van der Waals surface area contributed by atoms with Crippen LogP contribution >= 0.6 is 11.9 Å². The van der Waals surface area contributed by atoms with E-state index >= 15 is 0 Å². The van der Waals surface area contributed by atoms with Gasteiger partial charge in [0.15, 0.2) is 0 Å². The molecule has 3 heteroatoms. The van der Waals surface area contributed by atoms with Crippen LogP contribution in [0.4, 0.5) is 0 Å². The molecule has 0 saturated heterocycles. The van der Waals surface area contributed by atoms with Gasteiger partial charge in [-0.25, -0.2) is 0 Å². The summed E-state index contributed by atoms with van der Waals surface area (Å²) >= 11 is 4.88. The first-order valence-electron chi connectivity index (χ1n) is 2.15. The van der Waals surface area contributed by atoms with Crippen LogP contribution < -0.4 is 0 Å². The maximum atomic E-state index is 4.88. The number of halogens is 1. The molecule has 0 aromatic heterocycles. The fourth-order valence-electron chi connectivity index (χ4n) is 0.199. The molecule has 0 aromatic rings. The molecule has 0 aliphatic carbocycles. The summed E-state index contributed by atoms with van der Waals surface area (Å²) < 4.78 is 4.25. The SMILES string of the molecule is CCCCOCl.[Cu]. The molecule has 0 bridgehead atoms. The van der Waals surface area contributed by atoms with Crippen molar-refractivity contribution in [2.75, 3.05) is 6.61 Å². The molecule has 0 heterocycles. The van der Waals surface area contributed by atoms with Crippen molar-refractivity contribution in [3.05, 3.63) is 0 Å². The van der Waals surface area contributed by atoms with Gasteiger partial charge in [-0.3, -0.25) is 4.29 Å². The maximum Gasteiger partial charge on any atom is 0.0682 e. The van der Waals surface area contributed by atoms with Crippen LogP contribution in [0.15, 0.2) is 0 Å². The van der Waals surface area contributed by atoms with E-state index in [-0.39, 0.29) is 17.1 Å². The molecule has 1 radical (unpaired) electrons. The molecule has 0 aliphatic heterocycles. The molecule has 0 saturated carbocycles.